The fourth-order valence-electron chi connectivity index (χ4n) is 2.73. The van der Waals surface area contributed by atoms with Crippen molar-refractivity contribution in [3.63, 3.8) is 0 Å². The first-order valence-corrected chi connectivity index (χ1v) is 16.2. The van der Waals surface area contributed by atoms with Crippen molar-refractivity contribution in [3.05, 3.63) is 0 Å². The van der Waals surface area contributed by atoms with Crippen molar-refractivity contribution >= 4 is 15.6 Å². The molecule has 0 aromatic heterocycles. The zero-order valence-electron chi connectivity index (χ0n) is 25.8. The van der Waals surface area contributed by atoms with Crippen LogP contribution in [0.4, 0.5) is 87.8 Å². The molecule has 0 saturated heterocycles. The van der Waals surface area contributed by atoms with Gasteiger partial charge in [-0.2, -0.15) is 87.8 Å². The summed E-state index contributed by atoms with van der Waals surface area (Å²) < 4.78 is 312. The fraction of sp³-hybridized carbons (Fsp3) is 1.00. The monoisotopic (exact) mass is 898 g/mol. The summed E-state index contributed by atoms with van der Waals surface area (Å²) in [5.41, 5.74) is 0. The van der Waals surface area contributed by atoms with Gasteiger partial charge in [-0.25, -0.2) is 9.13 Å². The van der Waals surface area contributed by atoms with Crippen LogP contribution in [-0.2, 0) is 46.2 Å². The molecule has 2 N–H and O–H groups in total. The maximum atomic E-state index is 13.4. The van der Waals surface area contributed by atoms with Crippen LogP contribution < -0.4 is 0 Å². The third kappa shape index (κ3) is 16.3. The van der Waals surface area contributed by atoms with E-state index in [1.165, 1.54) is 7.11 Å². The van der Waals surface area contributed by atoms with E-state index in [-0.39, 0.29) is 13.2 Å². The topological polar surface area (TPSA) is 148 Å². The molecule has 0 heterocycles. The lowest BCUT2D eigenvalue weighted by molar-refractivity contribution is -0.446. The highest BCUT2D eigenvalue weighted by Crippen LogP contribution is 2.52. The van der Waals surface area contributed by atoms with E-state index in [1.54, 1.807) is 0 Å². The first kappa shape index (κ1) is 52.7. The highest BCUT2D eigenvalue weighted by molar-refractivity contribution is 7.47. The van der Waals surface area contributed by atoms with Crippen molar-refractivity contribution in [3.8, 4) is 0 Å². The van der Waals surface area contributed by atoms with E-state index in [9.17, 15) is 107 Å². The van der Waals surface area contributed by atoms with E-state index in [0.29, 0.717) is 0 Å². The molecular formula is C20H24F20O12P2. The summed E-state index contributed by atoms with van der Waals surface area (Å²) in [5.74, 6) is -16.3. The number of alkyl halides is 20. The van der Waals surface area contributed by atoms with E-state index in [2.05, 4.69) is 32.3 Å². The minimum absolute atomic E-state index is 0.121. The highest BCUT2D eigenvalue weighted by atomic mass is 31.2. The second kappa shape index (κ2) is 18.9. The van der Waals surface area contributed by atoms with Gasteiger partial charge in [0.25, 0.3) is 0 Å². The first-order valence-electron chi connectivity index (χ1n) is 13.2. The molecule has 0 aromatic rings. The summed E-state index contributed by atoms with van der Waals surface area (Å²) in [7, 11) is -11.0. The molecule has 0 saturated carbocycles. The van der Waals surface area contributed by atoms with Crippen molar-refractivity contribution in [2.24, 2.45) is 5.92 Å². The van der Waals surface area contributed by atoms with Gasteiger partial charge in [-0.05, 0) is 6.42 Å². The van der Waals surface area contributed by atoms with E-state index in [0.717, 1.165) is 0 Å². The SMILES string of the molecule is COCCOCCC(COP(=O)(O)OCC(OC(F)(F)C(F)(F)C(F)(F)F)C(F)(F)F)COP(=O)(O)OCC(OC(F)(F)C(F)(F)C(F)(F)F)C(F)(F)F. The number of hydrogen-bond donors (Lipinski definition) is 2. The summed E-state index contributed by atoms with van der Waals surface area (Å²) >= 11 is 0. The second-order valence-corrected chi connectivity index (χ2v) is 12.8. The predicted octanol–water partition coefficient (Wildman–Crippen LogP) is 7.40. The molecule has 0 aliphatic rings. The van der Waals surface area contributed by atoms with E-state index in [1.807, 2.05) is 0 Å². The van der Waals surface area contributed by atoms with Crippen LogP contribution in [0.5, 0.6) is 0 Å². The number of phosphoric ester groups is 2. The van der Waals surface area contributed by atoms with Crippen LogP contribution in [0.3, 0.4) is 0 Å². The molecule has 12 nitrogen and oxygen atoms in total. The molecule has 54 heavy (non-hydrogen) atoms. The summed E-state index contributed by atoms with van der Waals surface area (Å²) in [6.45, 7) is -9.39. The van der Waals surface area contributed by atoms with E-state index < -0.39 is 122 Å². The fourth-order valence-corrected chi connectivity index (χ4v) is 4.33. The van der Waals surface area contributed by atoms with Gasteiger partial charge in [0.15, 0.2) is 12.2 Å². The quantitative estimate of drug-likeness (QED) is 0.0565. The van der Waals surface area contributed by atoms with Gasteiger partial charge in [0.05, 0.1) is 39.6 Å². The Balaban J connectivity index is 5.84. The number of hydrogen-bond acceptors (Lipinski definition) is 10. The van der Waals surface area contributed by atoms with Crippen molar-refractivity contribution in [1.29, 1.82) is 0 Å². The number of phosphoric acid groups is 2. The lowest BCUT2D eigenvalue weighted by atomic mass is 10.1. The largest absolute Gasteiger partial charge is 0.472 e. The van der Waals surface area contributed by atoms with Crippen LogP contribution >= 0.6 is 15.6 Å². The molecule has 0 amide bonds. The Morgan fingerprint density at radius 3 is 1.09 bits per heavy atom. The van der Waals surface area contributed by atoms with Crippen molar-refractivity contribution in [1.82, 2.24) is 0 Å². The summed E-state index contributed by atoms with van der Waals surface area (Å²) in [4.78, 5) is 19.2. The van der Waals surface area contributed by atoms with E-state index in [4.69, 9.17) is 4.74 Å². The van der Waals surface area contributed by atoms with Gasteiger partial charge in [0, 0.05) is 19.6 Å². The Labute approximate surface area is 287 Å². The standard InChI is InChI=1S/C20H24F20O12P2/c1-45-4-5-46-3-2-10(6-47-53(41,42)49-8-11(13(21,22)23)51-19(37,38)15(27,28)17(31,32)33)7-48-54(43,44)50-9-12(14(24,25)26)52-20(39,40)16(29,30)18(34,35)36/h10-12H,2-9H2,1H3,(H,41,42)(H,43,44). The summed E-state index contributed by atoms with van der Waals surface area (Å²) in [6, 6.07) is 0. The molecule has 0 radical (unpaired) electrons. The molecule has 4 atom stereocenters. The maximum Gasteiger partial charge on any atom is 0.472 e. The number of ether oxygens (including phenoxy) is 4. The van der Waals surface area contributed by atoms with Gasteiger partial charge < -0.3 is 19.3 Å². The Hall–Kier alpha value is -1.34. The average molecular weight is 898 g/mol. The Morgan fingerprint density at radius 2 is 0.815 bits per heavy atom. The van der Waals surface area contributed by atoms with Crippen LogP contribution in [0.15, 0.2) is 0 Å². The molecular weight excluding hydrogens is 874 g/mol. The minimum atomic E-state index is -7.26. The Bertz CT molecular complexity index is 1160. The summed E-state index contributed by atoms with van der Waals surface area (Å²) in [6.07, 6.45) is -50.6. The van der Waals surface area contributed by atoms with Crippen LogP contribution in [0.2, 0.25) is 0 Å². The summed E-state index contributed by atoms with van der Waals surface area (Å²) in [5, 5.41) is 0. The Kier molecular flexibility index (Phi) is 18.5. The normalized spacial score (nSPS) is 18.6. The van der Waals surface area contributed by atoms with Gasteiger partial charge in [0.1, 0.15) is 0 Å². The first-order chi connectivity index (χ1) is 23.8. The lowest BCUT2D eigenvalue weighted by Gasteiger charge is -2.31. The van der Waals surface area contributed by atoms with Crippen LogP contribution in [0.1, 0.15) is 6.42 Å². The Morgan fingerprint density at radius 1 is 0.500 bits per heavy atom. The zero-order valence-corrected chi connectivity index (χ0v) is 27.6. The lowest BCUT2D eigenvalue weighted by Crippen LogP contribution is -2.56. The van der Waals surface area contributed by atoms with E-state index >= 15 is 0 Å². The third-order valence-corrected chi connectivity index (χ3v) is 7.48. The van der Waals surface area contributed by atoms with Crippen molar-refractivity contribution in [2.45, 2.75) is 67.4 Å². The molecule has 0 aliphatic heterocycles. The van der Waals surface area contributed by atoms with Gasteiger partial charge >= 0.3 is 64.4 Å². The van der Waals surface area contributed by atoms with Gasteiger partial charge in [0.2, 0.25) is 0 Å². The number of rotatable bonds is 24. The average Bonchev–Trinajstić information content (AvgIpc) is 2.95. The maximum absolute atomic E-state index is 13.4. The molecule has 0 fully saturated rings. The van der Waals surface area contributed by atoms with Crippen LogP contribution in [0, 0.1) is 5.92 Å². The smallest absolute Gasteiger partial charge is 0.382 e. The molecule has 0 rings (SSSR count). The molecule has 0 aromatic carbocycles. The van der Waals surface area contributed by atoms with Crippen LogP contribution in [-0.4, -0.2) is 124 Å². The van der Waals surface area contributed by atoms with Crippen molar-refractivity contribution in [2.75, 3.05) is 53.4 Å². The minimum Gasteiger partial charge on any atom is -0.382 e. The molecule has 0 bridgehead atoms. The van der Waals surface area contributed by atoms with Gasteiger partial charge in [-0.3, -0.25) is 27.6 Å². The molecule has 0 spiro atoms. The molecule has 326 valence electrons. The third-order valence-electron chi connectivity index (χ3n) is 5.58. The highest BCUT2D eigenvalue weighted by Gasteiger charge is 2.77. The molecule has 34 heteroatoms. The van der Waals surface area contributed by atoms with Crippen LogP contribution in [0.25, 0.3) is 0 Å². The number of halogens is 20. The zero-order chi connectivity index (χ0) is 43.0. The number of methoxy groups -OCH3 is 1. The second-order valence-electron chi connectivity index (χ2n) is 9.85. The molecule has 0 aliphatic carbocycles. The van der Waals surface area contributed by atoms with Gasteiger partial charge in [-0.15, -0.1) is 0 Å². The van der Waals surface area contributed by atoms with Crippen molar-refractivity contribution < 1.29 is 144 Å². The predicted molar refractivity (Wildman–Crippen MR) is 128 cm³/mol. The molecule has 4 unspecified atom stereocenters. The van der Waals surface area contributed by atoms with Gasteiger partial charge in [-0.1, -0.05) is 0 Å².